The first kappa shape index (κ1) is 38.4. The number of aromatic nitrogens is 1. The molecule has 0 aliphatic carbocycles. The number of Topliss-reactive ketones (excluding diaryl/α,β-unsaturated/α-hetero) is 1. The van der Waals surface area contributed by atoms with Crippen molar-refractivity contribution < 1.29 is 28.2 Å². The minimum atomic E-state index is -0.437. The summed E-state index contributed by atoms with van der Waals surface area (Å²) in [5, 5.41) is 3.24. The lowest BCUT2D eigenvalue weighted by Gasteiger charge is -2.53. The lowest BCUT2D eigenvalue weighted by Crippen LogP contribution is -2.59. The Labute approximate surface area is 332 Å². The summed E-state index contributed by atoms with van der Waals surface area (Å²) in [4.78, 5) is 51.3. The summed E-state index contributed by atoms with van der Waals surface area (Å²) in [5.74, 6) is 0.0238. The normalized spacial score (nSPS) is 19.8. The average molecular weight is 779 g/mol. The van der Waals surface area contributed by atoms with Gasteiger partial charge in [-0.3, -0.25) is 14.4 Å². The van der Waals surface area contributed by atoms with Gasteiger partial charge in [0.05, 0.1) is 27.3 Å². The number of fused-ring (bicyclic) bond motifs is 3. The molecule has 56 heavy (non-hydrogen) atoms. The number of carbonyl (C=O) groups is 3. The van der Waals surface area contributed by atoms with E-state index in [1.807, 2.05) is 37.4 Å². The number of aryl methyl sites for hydroxylation is 2. The van der Waals surface area contributed by atoms with Gasteiger partial charge in [0.1, 0.15) is 11.6 Å². The highest BCUT2D eigenvalue weighted by atomic mass is 32.1. The molecule has 4 aliphatic heterocycles. The van der Waals surface area contributed by atoms with Crippen LogP contribution in [0.25, 0.3) is 10.4 Å². The monoisotopic (exact) mass is 778 g/mol. The molecule has 3 saturated heterocycles. The van der Waals surface area contributed by atoms with E-state index >= 15 is 0 Å². The number of ketones is 1. The zero-order valence-corrected chi connectivity index (χ0v) is 33.8. The Balaban J connectivity index is 0.940. The molecule has 3 fully saturated rings. The minimum Gasteiger partial charge on any atom is -0.381 e. The number of thiophene rings is 1. The SMILES string of the molecule is Cc1cnc(N2CC3(CCOCC3)C2)c(C(=O)CCc2ccc(C(=O)N3CCc4cc(C(=O)NC5CC(C)(C)OC(C)(C)C5)sc4-c4ccc(F)cc43)cc2)c1. The zero-order chi connectivity index (χ0) is 39.4. The fraction of sp³-hybridized carbons (Fsp3) is 0.467. The molecule has 4 aliphatic rings. The number of anilines is 2. The molecule has 9 nitrogen and oxygen atoms in total. The third-order valence-corrected chi connectivity index (χ3v) is 13.0. The highest BCUT2D eigenvalue weighted by Crippen LogP contribution is 2.44. The van der Waals surface area contributed by atoms with Gasteiger partial charge in [-0.2, -0.15) is 0 Å². The third kappa shape index (κ3) is 7.91. The summed E-state index contributed by atoms with van der Waals surface area (Å²) in [6, 6.07) is 15.7. The number of amides is 2. The maximum absolute atomic E-state index is 14.8. The van der Waals surface area contributed by atoms with Crippen LogP contribution in [0.2, 0.25) is 0 Å². The predicted molar refractivity (Wildman–Crippen MR) is 218 cm³/mol. The van der Waals surface area contributed by atoms with Gasteiger partial charge < -0.3 is 24.6 Å². The number of nitrogens with zero attached hydrogens (tertiary/aromatic N) is 3. The van der Waals surface area contributed by atoms with Crippen molar-refractivity contribution in [2.75, 3.05) is 42.6 Å². The molecule has 0 radical (unpaired) electrons. The maximum Gasteiger partial charge on any atom is 0.261 e. The van der Waals surface area contributed by atoms with Gasteiger partial charge in [-0.05, 0) is 132 Å². The molecule has 11 heteroatoms. The van der Waals surface area contributed by atoms with Crippen LogP contribution in [0, 0.1) is 18.2 Å². The van der Waals surface area contributed by atoms with Crippen molar-refractivity contribution in [3.05, 3.63) is 99.3 Å². The largest absolute Gasteiger partial charge is 0.381 e. The van der Waals surface area contributed by atoms with Crippen molar-refractivity contribution in [3.63, 3.8) is 0 Å². The van der Waals surface area contributed by atoms with E-state index in [0.29, 0.717) is 60.3 Å². The number of pyridine rings is 1. The highest BCUT2D eigenvalue weighted by molar-refractivity contribution is 7.17. The molecule has 1 spiro atoms. The molecule has 2 aromatic carbocycles. The number of ether oxygens (including phenoxy) is 2. The number of hydrogen-bond acceptors (Lipinski definition) is 8. The van der Waals surface area contributed by atoms with E-state index in [-0.39, 0.29) is 40.3 Å². The van der Waals surface area contributed by atoms with Crippen LogP contribution in [0.4, 0.5) is 15.9 Å². The second-order valence-electron chi connectivity index (χ2n) is 17.5. The molecular formula is C45H51FN4O5S. The van der Waals surface area contributed by atoms with Gasteiger partial charge >= 0.3 is 0 Å². The van der Waals surface area contributed by atoms with Crippen LogP contribution >= 0.6 is 11.3 Å². The van der Waals surface area contributed by atoms with E-state index in [1.54, 1.807) is 23.1 Å². The molecule has 0 atom stereocenters. The summed E-state index contributed by atoms with van der Waals surface area (Å²) in [7, 11) is 0. The number of benzene rings is 2. The lowest BCUT2D eigenvalue weighted by molar-refractivity contribution is -0.162. The van der Waals surface area contributed by atoms with Crippen LogP contribution in [0.1, 0.15) is 107 Å². The van der Waals surface area contributed by atoms with Crippen molar-refractivity contribution in [1.82, 2.24) is 10.3 Å². The predicted octanol–water partition coefficient (Wildman–Crippen LogP) is 8.36. The number of nitrogens with one attached hydrogen (secondary N) is 1. The molecular weight excluding hydrogens is 728 g/mol. The summed E-state index contributed by atoms with van der Waals surface area (Å²) in [6.07, 6.45) is 6.72. The van der Waals surface area contributed by atoms with Gasteiger partial charge in [-0.15, -0.1) is 11.3 Å². The Morgan fingerprint density at radius 3 is 2.39 bits per heavy atom. The fourth-order valence-electron chi connectivity index (χ4n) is 9.30. The number of carbonyl (C=O) groups excluding carboxylic acids is 3. The molecule has 6 heterocycles. The number of halogens is 1. The second-order valence-corrected chi connectivity index (χ2v) is 18.6. The molecule has 2 amide bonds. The van der Waals surface area contributed by atoms with Crippen molar-refractivity contribution >= 4 is 40.4 Å². The zero-order valence-electron chi connectivity index (χ0n) is 33.0. The van der Waals surface area contributed by atoms with E-state index in [2.05, 4.69) is 37.9 Å². The van der Waals surface area contributed by atoms with E-state index in [4.69, 9.17) is 14.5 Å². The fourth-order valence-corrected chi connectivity index (χ4v) is 10.4. The van der Waals surface area contributed by atoms with Crippen LogP contribution in [0.3, 0.4) is 0 Å². The van der Waals surface area contributed by atoms with Gasteiger partial charge in [0.15, 0.2) is 5.78 Å². The van der Waals surface area contributed by atoms with Crippen LogP contribution in [-0.4, -0.2) is 72.7 Å². The number of rotatable bonds is 8. The average Bonchev–Trinajstić information content (AvgIpc) is 3.50. The van der Waals surface area contributed by atoms with Gasteiger partial charge in [0.2, 0.25) is 0 Å². The van der Waals surface area contributed by atoms with Crippen LogP contribution in [-0.2, 0) is 22.3 Å². The topological polar surface area (TPSA) is 101 Å². The maximum atomic E-state index is 14.8. The quantitative estimate of drug-likeness (QED) is 0.180. The molecule has 8 rings (SSSR count). The lowest BCUT2D eigenvalue weighted by atomic mass is 9.73. The minimum absolute atomic E-state index is 0.0246. The Morgan fingerprint density at radius 1 is 0.964 bits per heavy atom. The molecule has 1 N–H and O–H groups in total. The molecule has 4 aromatic rings. The van der Waals surface area contributed by atoms with Gasteiger partial charge in [0.25, 0.3) is 11.8 Å². The Bertz CT molecular complexity index is 2150. The van der Waals surface area contributed by atoms with E-state index < -0.39 is 5.82 Å². The van der Waals surface area contributed by atoms with Gasteiger partial charge in [-0.1, -0.05) is 12.1 Å². The van der Waals surface area contributed by atoms with Crippen LogP contribution in [0.5, 0.6) is 0 Å². The van der Waals surface area contributed by atoms with Gasteiger partial charge in [0, 0.05) is 72.9 Å². The summed E-state index contributed by atoms with van der Waals surface area (Å²) in [6.45, 7) is 13.9. The number of hydrogen-bond donors (Lipinski definition) is 1. The summed E-state index contributed by atoms with van der Waals surface area (Å²) < 4.78 is 26.6. The smallest absolute Gasteiger partial charge is 0.261 e. The van der Waals surface area contributed by atoms with E-state index in [9.17, 15) is 18.8 Å². The Morgan fingerprint density at radius 2 is 1.68 bits per heavy atom. The first-order valence-corrected chi connectivity index (χ1v) is 20.7. The molecule has 0 unspecified atom stereocenters. The standard InChI is InChI=1S/C45H51FN4O5S/c1-28-20-35(40(47-25-28)49-26-45(27-49)15-18-54-19-16-45)37(51)13-8-29-6-9-30(10-7-29)42(53)50-17-14-31-21-38(56-39(31)34-12-11-32(46)22-36(34)50)41(52)48-33-23-43(2,3)55-44(4,5)24-33/h6-7,9-12,20-22,25,33H,8,13-19,23-24,26-27H2,1-5H3,(H,48,52). The Kier molecular flexibility index (Phi) is 10.2. The molecule has 0 saturated carbocycles. The van der Waals surface area contributed by atoms with E-state index in [1.165, 1.54) is 23.5 Å². The summed E-state index contributed by atoms with van der Waals surface area (Å²) >= 11 is 1.38. The highest BCUT2D eigenvalue weighted by Gasteiger charge is 2.45. The van der Waals surface area contributed by atoms with Crippen molar-refractivity contribution in [2.24, 2.45) is 5.41 Å². The molecule has 294 valence electrons. The van der Waals surface area contributed by atoms with Crippen LogP contribution < -0.4 is 15.1 Å². The van der Waals surface area contributed by atoms with Crippen molar-refractivity contribution in [1.29, 1.82) is 0 Å². The van der Waals surface area contributed by atoms with Crippen molar-refractivity contribution in [3.8, 4) is 10.4 Å². The van der Waals surface area contributed by atoms with Gasteiger partial charge in [-0.25, -0.2) is 9.37 Å². The van der Waals surface area contributed by atoms with E-state index in [0.717, 1.165) is 72.1 Å². The van der Waals surface area contributed by atoms with Crippen LogP contribution in [0.15, 0.2) is 60.8 Å². The third-order valence-electron chi connectivity index (χ3n) is 11.8. The Hall–Kier alpha value is -4.45. The molecule has 2 aromatic heterocycles. The first-order chi connectivity index (χ1) is 26.7. The second kappa shape index (κ2) is 14.8. The van der Waals surface area contributed by atoms with Crippen molar-refractivity contribution in [2.45, 2.75) is 96.8 Å². The summed E-state index contributed by atoms with van der Waals surface area (Å²) in [5.41, 5.74) is 4.79. The molecule has 0 bridgehead atoms. The first-order valence-electron chi connectivity index (χ1n) is 19.8.